The van der Waals surface area contributed by atoms with Crippen molar-refractivity contribution in [2.75, 3.05) is 0 Å². The lowest BCUT2D eigenvalue weighted by Crippen LogP contribution is -2.28. The molecule has 2 heterocycles. The second-order valence-electron chi connectivity index (χ2n) is 6.40. The van der Waals surface area contributed by atoms with Crippen LogP contribution in [0.1, 0.15) is 39.8 Å². The Kier molecular flexibility index (Phi) is 3.80. The van der Waals surface area contributed by atoms with Gasteiger partial charge in [-0.05, 0) is 48.6 Å². The van der Waals surface area contributed by atoms with E-state index in [2.05, 4.69) is 38.8 Å². The average Bonchev–Trinajstić information content (AvgIpc) is 3.21. The minimum Gasteiger partial charge on any atom is -0.344 e. The summed E-state index contributed by atoms with van der Waals surface area (Å²) in [6, 6.07) is 10.2. The zero-order valence-electron chi connectivity index (χ0n) is 14.2. The molecule has 0 unspecified atom stereocenters. The van der Waals surface area contributed by atoms with E-state index in [1.807, 2.05) is 13.0 Å². The highest BCUT2D eigenvalue weighted by Crippen LogP contribution is 2.34. The van der Waals surface area contributed by atoms with E-state index in [-0.39, 0.29) is 11.9 Å². The van der Waals surface area contributed by atoms with Crippen LogP contribution < -0.4 is 5.32 Å². The Hall–Kier alpha value is -3.02. The van der Waals surface area contributed by atoms with Gasteiger partial charge in [-0.15, -0.1) is 0 Å². The number of carbonyl (C=O) groups is 1. The Labute approximate surface area is 145 Å². The van der Waals surface area contributed by atoms with Crippen LogP contribution >= 0.6 is 0 Å². The highest BCUT2D eigenvalue weighted by Gasteiger charge is 2.25. The molecule has 25 heavy (non-hydrogen) atoms. The van der Waals surface area contributed by atoms with Crippen molar-refractivity contribution >= 4 is 5.91 Å². The average molecular weight is 333 g/mol. The molecule has 3 aromatic rings. The lowest BCUT2D eigenvalue weighted by molar-refractivity contribution is 0.0927. The SMILES string of the molecule is Cc1cc(-c2ccc3c(c2)CC[C@H]3NC(=O)c2ccnn2C)cnn1. The predicted molar refractivity (Wildman–Crippen MR) is 93.9 cm³/mol. The molecule has 0 bridgehead atoms. The quantitative estimate of drug-likeness (QED) is 0.800. The third kappa shape index (κ3) is 2.91. The van der Waals surface area contributed by atoms with Crippen molar-refractivity contribution in [1.82, 2.24) is 25.3 Å². The first-order valence-corrected chi connectivity index (χ1v) is 8.33. The van der Waals surface area contributed by atoms with Crippen molar-refractivity contribution in [3.63, 3.8) is 0 Å². The largest absolute Gasteiger partial charge is 0.344 e. The van der Waals surface area contributed by atoms with Gasteiger partial charge in [-0.1, -0.05) is 18.2 Å². The zero-order chi connectivity index (χ0) is 17.4. The number of carbonyl (C=O) groups excluding carboxylic acids is 1. The van der Waals surface area contributed by atoms with Gasteiger partial charge in [0.25, 0.3) is 5.91 Å². The molecule has 0 spiro atoms. The van der Waals surface area contributed by atoms with E-state index in [1.165, 1.54) is 11.1 Å². The van der Waals surface area contributed by atoms with Gasteiger partial charge in [0.2, 0.25) is 0 Å². The van der Waals surface area contributed by atoms with Crippen LogP contribution in [0.4, 0.5) is 0 Å². The first kappa shape index (κ1) is 15.5. The van der Waals surface area contributed by atoms with Crippen LogP contribution in [0.5, 0.6) is 0 Å². The third-order valence-corrected chi connectivity index (χ3v) is 4.69. The molecular formula is C19H19N5O. The molecule has 126 valence electrons. The van der Waals surface area contributed by atoms with Crippen LogP contribution in [0.25, 0.3) is 11.1 Å². The van der Waals surface area contributed by atoms with E-state index in [0.717, 1.165) is 29.7 Å². The number of fused-ring (bicyclic) bond motifs is 1. The predicted octanol–water partition coefficient (Wildman–Crippen LogP) is 2.60. The minimum atomic E-state index is -0.0871. The fourth-order valence-electron chi connectivity index (χ4n) is 3.41. The van der Waals surface area contributed by atoms with Gasteiger partial charge >= 0.3 is 0 Å². The van der Waals surface area contributed by atoms with Crippen molar-refractivity contribution in [1.29, 1.82) is 0 Å². The Bertz CT molecular complexity index is 946. The summed E-state index contributed by atoms with van der Waals surface area (Å²) in [6.07, 6.45) is 5.28. The second kappa shape index (κ2) is 6.12. The topological polar surface area (TPSA) is 72.7 Å². The standard InChI is InChI=1S/C19H19N5O/c1-12-9-15(11-20-23-12)13-3-5-16-14(10-13)4-6-17(16)22-19(25)18-7-8-21-24(18)2/h3,5,7-11,17H,4,6H2,1-2H3,(H,22,25)/t17-/m1/s1. The van der Waals surface area contributed by atoms with E-state index in [1.54, 1.807) is 30.2 Å². The van der Waals surface area contributed by atoms with Crippen LogP contribution in [0, 0.1) is 6.92 Å². The number of nitrogens with one attached hydrogen (secondary N) is 1. The Morgan fingerprint density at radius 3 is 2.88 bits per heavy atom. The van der Waals surface area contributed by atoms with Gasteiger partial charge in [-0.3, -0.25) is 9.48 Å². The number of aromatic nitrogens is 4. The molecule has 1 aliphatic rings. The molecule has 2 aromatic heterocycles. The number of amides is 1. The molecule has 1 atom stereocenters. The highest BCUT2D eigenvalue weighted by molar-refractivity contribution is 5.92. The molecule has 0 aliphatic heterocycles. The van der Waals surface area contributed by atoms with E-state index in [4.69, 9.17) is 0 Å². The molecule has 6 heteroatoms. The van der Waals surface area contributed by atoms with E-state index in [0.29, 0.717) is 5.69 Å². The number of benzene rings is 1. The summed E-state index contributed by atoms with van der Waals surface area (Å²) in [5.74, 6) is -0.0871. The summed E-state index contributed by atoms with van der Waals surface area (Å²) in [7, 11) is 1.77. The molecule has 4 rings (SSSR count). The lowest BCUT2D eigenvalue weighted by Gasteiger charge is -2.14. The van der Waals surface area contributed by atoms with Crippen LogP contribution in [0.2, 0.25) is 0 Å². The van der Waals surface area contributed by atoms with Gasteiger partial charge in [0, 0.05) is 18.8 Å². The van der Waals surface area contributed by atoms with Gasteiger partial charge in [0.1, 0.15) is 5.69 Å². The molecule has 0 saturated carbocycles. The van der Waals surface area contributed by atoms with Crippen LogP contribution in [0.15, 0.2) is 42.7 Å². The van der Waals surface area contributed by atoms with Crippen molar-refractivity contribution in [2.24, 2.45) is 7.05 Å². The number of nitrogens with zero attached hydrogens (tertiary/aromatic N) is 4. The van der Waals surface area contributed by atoms with Crippen molar-refractivity contribution in [2.45, 2.75) is 25.8 Å². The summed E-state index contributed by atoms with van der Waals surface area (Å²) in [4.78, 5) is 12.4. The highest BCUT2D eigenvalue weighted by atomic mass is 16.2. The Balaban J connectivity index is 1.57. The maximum Gasteiger partial charge on any atom is 0.270 e. The number of aryl methyl sites for hydroxylation is 3. The molecule has 0 saturated heterocycles. The van der Waals surface area contributed by atoms with Crippen LogP contribution in [-0.2, 0) is 13.5 Å². The number of rotatable bonds is 3. The lowest BCUT2D eigenvalue weighted by atomic mass is 10.0. The monoisotopic (exact) mass is 333 g/mol. The summed E-state index contributed by atoms with van der Waals surface area (Å²) in [6.45, 7) is 1.94. The molecule has 1 aromatic carbocycles. The van der Waals surface area contributed by atoms with Crippen molar-refractivity contribution in [3.8, 4) is 11.1 Å². The Morgan fingerprint density at radius 2 is 2.12 bits per heavy atom. The fraction of sp³-hybridized carbons (Fsp3) is 0.263. The van der Waals surface area contributed by atoms with E-state index in [9.17, 15) is 4.79 Å². The molecule has 1 N–H and O–H groups in total. The van der Waals surface area contributed by atoms with Gasteiger partial charge in [-0.2, -0.15) is 15.3 Å². The molecule has 6 nitrogen and oxygen atoms in total. The third-order valence-electron chi connectivity index (χ3n) is 4.69. The first-order chi connectivity index (χ1) is 12.1. The first-order valence-electron chi connectivity index (χ1n) is 8.33. The maximum absolute atomic E-state index is 12.4. The zero-order valence-corrected chi connectivity index (χ0v) is 14.2. The van der Waals surface area contributed by atoms with Gasteiger partial charge in [0.05, 0.1) is 17.9 Å². The smallest absolute Gasteiger partial charge is 0.270 e. The molecular weight excluding hydrogens is 314 g/mol. The van der Waals surface area contributed by atoms with Gasteiger partial charge in [0.15, 0.2) is 0 Å². The van der Waals surface area contributed by atoms with Gasteiger partial charge in [-0.25, -0.2) is 0 Å². The Morgan fingerprint density at radius 1 is 1.24 bits per heavy atom. The van der Waals surface area contributed by atoms with Crippen molar-refractivity contribution in [3.05, 3.63) is 65.2 Å². The maximum atomic E-state index is 12.4. The summed E-state index contributed by atoms with van der Waals surface area (Å²) >= 11 is 0. The van der Waals surface area contributed by atoms with Gasteiger partial charge < -0.3 is 5.32 Å². The molecule has 1 amide bonds. The summed E-state index contributed by atoms with van der Waals surface area (Å²) in [5, 5.41) is 15.2. The second-order valence-corrected chi connectivity index (χ2v) is 6.40. The summed E-state index contributed by atoms with van der Waals surface area (Å²) in [5.41, 5.74) is 6.15. The van der Waals surface area contributed by atoms with Crippen LogP contribution in [0.3, 0.4) is 0 Å². The normalized spacial score (nSPS) is 15.8. The van der Waals surface area contributed by atoms with E-state index >= 15 is 0 Å². The molecule has 1 aliphatic carbocycles. The summed E-state index contributed by atoms with van der Waals surface area (Å²) < 4.78 is 1.59. The van der Waals surface area contributed by atoms with Crippen molar-refractivity contribution < 1.29 is 4.79 Å². The number of hydrogen-bond acceptors (Lipinski definition) is 4. The van der Waals surface area contributed by atoms with E-state index < -0.39 is 0 Å². The number of hydrogen-bond donors (Lipinski definition) is 1. The molecule has 0 fully saturated rings. The fourth-order valence-corrected chi connectivity index (χ4v) is 3.41. The molecule has 0 radical (unpaired) electrons. The van der Waals surface area contributed by atoms with Crippen LogP contribution in [-0.4, -0.2) is 25.9 Å². The minimum absolute atomic E-state index is 0.0451.